The first-order chi connectivity index (χ1) is 12.0. The highest BCUT2D eigenvalue weighted by Crippen LogP contribution is 2.42. The van der Waals surface area contributed by atoms with Gasteiger partial charge in [0.2, 0.25) is 11.5 Å². The number of carbonyl (C=O) groups is 1. The van der Waals surface area contributed by atoms with Crippen molar-refractivity contribution in [1.82, 2.24) is 0 Å². The number of ether oxygens (including phenoxy) is 5. The Kier molecular flexibility index (Phi) is 5.59. The Labute approximate surface area is 145 Å². The van der Waals surface area contributed by atoms with E-state index in [4.69, 9.17) is 23.7 Å². The highest BCUT2D eigenvalue weighted by molar-refractivity contribution is 6.14. The smallest absolute Gasteiger partial charge is 0.204 e. The summed E-state index contributed by atoms with van der Waals surface area (Å²) in [5.74, 6) is 0.555. The van der Waals surface area contributed by atoms with E-state index < -0.39 is 5.78 Å². The SMILES string of the molecule is COc1cc(OC)c(C(=O)c2ccc(OC)c(OC)c2O)c(OC)c1. The first-order valence-electron chi connectivity index (χ1n) is 7.30. The summed E-state index contributed by atoms with van der Waals surface area (Å²) in [4.78, 5) is 13.0. The molecule has 0 fully saturated rings. The summed E-state index contributed by atoms with van der Waals surface area (Å²) in [5, 5.41) is 10.4. The molecular weight excluding hydrogens is 328 g/mol. The molecule has 0 aromatic heterocycles. The molecule has 0 spiro atoms. The van der Waals surface area contributed by atoms with Crippen molar-refractivity contribution in [3.8, 4) is 34.5 Å². The van der Waals surface area contributed by atoms with E-state index in [0.29, 0.717) is 11.5 Å². The molecule has 0 radical (unpaired) electrons. The van der Waals surface area contributed by atoms with Crippen LogP contribution in [0.3, 0.4) is 0 Å². The van der Waals surface area contributed by atoms with Crippen LogP contribution in [0.15, 0.2) is 24.3 Å². The molecule has 1 N–H and O–H groups in total. The number of aromatic hydroxyl groups is 1. The molecule has 2 aromatic rings. The molecule has 0 amide bonds. The van der Waals surface area contributed by atoms with Gasteiger partial charge in [0.25, 0.3) is 0 Å². The molecule has 2 rings (SSSR count). The van der Waals surface area contributed by atoms with Gasteiger partial charge < -0.3 is 28.8 Å². The monoisotopic (exact) mass is 348 g/mol. The van der Waals surface area contributed by atoms with E-state index in [2.05, 4.69) is 0 Å². The average molecular weight is 348 g/mol. The zero-order valence-electron chi connectivity index (χ0n) is 14.7. The third kappa shape index (κ3) is 3.26. The number of methoxy groups -OCH3 is 5. The Bertz CT molecular complexity index is 758. The fourth-order valence-corrected chi connectivity index (χ4v) is 2.46. The summed E-state index contributed by atoms with van der Waals surface area (Å²) in [6, 6.07) is 6.11. The summed E-state index contributed by atoms with van der Waals surface area (Å²) in [6.45, 7) is 0. The molecule has 0 atom stereocenters. The van der Waals surface area contributed by atoms with Gasteiger partial charge in [-0.25, -0.2) is 0 Å². The Hall–Kier alpha value is -3.09. The van der Waals surface area contributed by atoms with Gasteiger partial charge >= 0.3 is 0 Å². The van der Waals surface area contributed by atoms with Crippen LogP contribution >= 0.6 is 0 Å². The maximum absolute atomic E-state index is 13.0. The molecule has 0 aliphatic heterocycles. The van der Waals surface area contributed by atoms with Gasteiger partial charge in [0.1, 0.15) is 22.8 Å². The number of rotatable bonds is 7. The first kappa shape index (κ1) is 18.3. The third-order valence-electron chi connectivity index (χ3n) is 3.71. The van der Waals surface area contributed by atoms with E-state index >= 15 is 0 Å². The molecule has 0 saturated heterocycles. The third-order valence-corrected chi connectivity index (χ3v) is 3.71. The van der Waals surface area contributed by atoms with Crippen molar-refractivity contribution in [1.29, 1.82) is 0 Å². The summed E-state index contributed by atoms with van der Waals surface area (Å²) in [6.07, 6.45) is 0. The fourth-order valence-electron chi connectivity index (χ4n) is 2.46. The number of phenols is 1. The zero-order chi connectivity index (χ0) is 18.6. The van der Waals surface area contributed by atoms with Gasteiger partial charge in [0, 0.05) is 12.1 Å². The highest BCUT2D eigenvalue weighted by atomic mass is 16.5. The van der Waals surface area contributed by atoms with Crippen molar-refractivity contribution in [2.45, 2.75) is 0 Å². The maximum atomic E-state index is 13.0. The van der Waals surface area contributed by atoms with Crippen LogP contribution in [0.4, 0.5) is 0 Å². The topological polar surface area (TPSA) is 83.5 Å². The number of ketones is 1. The fraction of sp³-hybridized carbons (Fsp3) is 0.278. The highest BCUT2D eigenvalue weighted by Gasteiger charge is 2.26. The average Bonchev–Trinajstić information content (AvgIpc) is 2.65. The minimum atomic E-state index is -0.491. The summed E-state index contributed by atoms with van der Waals surface area (Å²) >= 11 is 0. The predicted molar refractivity (Wildman–Crippen MR) is 90.7 cm³/mol. The van der Waals surface area contributed by atoms with Crippen LogP contribution < -0.4 is 23.7 Å². The Morgan fingerprint density at radius 2 is 1.36 bits per heavy atom. The van der Waals surface area contributed by atoms with Crippen molar-refractivity contribution < 1.29 is 33.6 Å². The number of benzene rings is 2. The number of carbonyl (C=O) groups excluding carboxylic acids is 1. The lowest BCUT2D eigenvalue weighted by molar-refractivity contribution is 0.102. The second-order valence-corrected chi connectivity index (χ2v) is 4.93. The van der Waals surface area contributed by atoms with Gasteiger partial charge in [-0.2, -0.15) is 0 Å². The quantitative estimate of drug-likeness (QED) is 0.770. The van der Waals surface area contributed by atoms with Crippen molar-refractivity contribution in [2.24, 2.45) is 0 Å². The van der Waals surface area contributed by atoms with Crippen molar-refractivity contribution in [3.05, 3.63) is 35.4 Å². The van der Waals surface area contributed by atoms with E-state index in [1.165, 1.54) is 47.7 Å². The zero-order valence-corrected chi connectivity index (χ0v) is 14.7. The molecule has 25 heavy (non-hydrogen) atoms. The number of phenolic OH excluding ortho intramolecular Hbond substituents is 1. The summed E-state index contributed by atoms with van der Waals surface area (Å²) in [7, 11) is 7.17. The van der Waals surface area contributed by atoms with Gasteiger partial charge in [-0.15, -0.1) is 0 Å². The van der Waals surface area contributed by atoms with E-state index in [1.807, 2.05) is 0 Å². The number of hydrogen-bond acceptors (Lipinski definition) is 7. The van der Waals surface area contributed by atoms with Crippen molar-refractivity contribution in [3.63, 3.8) is 0 Å². The summed E-state index contributed by atoms with van der Waals surface area (Å²) in [5.41, 5.74) is 0.188. The molecule has 7 nitrogen and oxygen atoms in total. The van der Waals surface area contributed by atoms with Crippen LogP contribution in [0, 0.1) is 0 Å². The minimum absolute atomic E-state index is 0.0272. The molecule has 0 aliphatic carbocycles. The molecule has 0 bridgehead atoms. The Balaban J connectivity index is 2.66. The molecule has 7 heteroatoms. The van der Waals surface area contributed by atoms with Crippen LogP contribution in [0.2, 0.25) is 0 Å². The minimum Gasteiger partial charge on any atom is -0.504 e. The molecule has 2 aromatic carbocycles. The normalized spacial score (nSPS) is 10.1. The van der Waals surface area contributed by atoms with Crippen LogP contribution in [0.5, 0.6) is 34.5 Å². The lowest BCUT2D eigenvalue weighted by Gasteiger charge is -2.16. The lowest BCUT2D eigenvalue weighted by atomic mass is 9.99. The lowest BCUT2D eigenvalue weighted by Crippen LogP contribution is -2.08. The van der Waals surface area contributed by atoms with Crippen LogP contribution in [-0.4, -0.2) is 46.4 Å². The Morgan fingerprint density at radius 1 is 0.800 bits per heavy atom. The summed E-state index contributed by atoms with van der Waals surface area (Å²) < 4.78 is 26.0. The van der Waals surface area contributed by atoms with Crippen molar-refractivity contribution in [2.75, 3.05) is 35.5 Å². The van der Waals surface area contributed by atoms with E-state index in [-0.39, 0.29) is 34.1 Å². The molecule has 0 unspecified atom stereocenters. The molecule has 0 heterocycles. The van der Waals surface area contributed by atoms with Gasteiger partial charge in [-0.1, -0.05) is 0 Å². The van der Waals surface area contributed by atoms with Gasteiger partial charge in [-0.3, -0.25) is 4.79 Å². The largest absolute Gasteiger partial charge is 0.504 e. The van der Waals surface area contributed by atoms with Crippen LogP contribution in [-0.2, 0) is 0 Å². The standard InChI is InChI=1S/C18H20O7/c1-21-10-8-13(23-3)15(14(9-10)24-4)16(19)11-6-7-12(22-2)18(25-5)17(11)20/h6-9,20H,1-5H3. The van der Waals surface area contributed by atoms with E-state index in [9.17, 15) is 9.90 Å². The first-order valence-corrected chi connectivity index (χ1v) is 7.30. The van der Waals surface area contributed by atoms with E-state index in [0.717, 1.165) is 0 Å². The molecule has 134 valence electrons. The predicted octanol–water partition coefficient (Wildman–Crippen LogP) is 2.67. The maximum Gasteiger partial charge on any atom is 0.204 e. The molecule has 0 saturated carbocycles. The second kappa shape index (κ2) is 7.65. The van der Waals surface area contributed by atoms with E-state index in [1.54, 1.807) is 12.1 Å². The van der Waals surface area contributed by atoms with Gasteiger partial charge in [-0.05, 0) is 12.1 Å². The van der Waals surface area contributed by atoms with Crippen molar-refractivity contribution >= 4 is 5.78 Å². The van der Waals surface area contributed by atoms with Crippen LogP contribution in [0.1, 0.15) is 15.9 Å². The second-order valence-electron chi connectivity index (χ2n) is 4.93. The Morgan fingerprint density at radius 3 is 1.80 bits per heavy atom. The molecular formula is C18H20O7. The van der Waals surface area contributed by atoms with Gasteiger partial charge in [0.15, 0.2) is 11.5 Å². The van der Waals surface area contributed by atoms with Crippen LogP contribution in [0.25, 0.3) is 0 Å². The van der Waals surface area contributed by atoms with Gasteiger partial charge in [0.05, 0.1) is 41.1 Å². The molecule has 0 aliphatic rings. The number of hydrogen-bond donors (Lipinski definition) is 1.